The van der Waals surface area contributed by atoms with Crippen LogP contribution in [0.1, 0.15) is 24.8 Å². The lowest BCUT2D eigenvalue weighted by atomic mass is 9.96. The molecule has 2 heterocycles. The predicted octanol–water partition coefficient (Wildman–Crippen LogP) is 1.91. The maximum absolute atomic E-state index is 12.3. The number of aromatic nitrogens is 2. The number of benzene rings is 1. The fourth-order valence-corrected chi connectivity index (χ4v) is 3.31. The number of hydrogen-bond donors (Lipinski definition) is 1. The van der Waals surface area contributed by atoms with Gasteiger partial charge in [0.15, 0.2) is 0 Å². The first-order chi connectivity index (χ1) is 12.8. The van der Waals surface area contributed by atoms with Gasteiger partial charge in [-0.05, 0) is 12.0 Å². The summed E-state index contributed by atoms with van der Waals surface area (Å²) in [6.07, 6.45) is 6.20. The zero-order valence-corrected chi connectivity index (χ0v) is 15.3. The number of rotatable bonds is 7. The van der Waals surface area contributed by atoms with Gasteiger partial charge in [-0.15, -0.1) is 0 Å². The van der Waals surface area contributed by atoms with Crippen LogP contribution in [-0.4, -0.2) is 60.0 Å². The molecule has 0 bridgehead atoms. The van der Waals surface area contributed by atoms with Crippen LogP contribution in [0.2, 0.25) is 0 Å². The van der Waals surface area contributed by atoms with Crippen LogP contribution in [0.4, 0.5) is 5.82 Å². The summed E-state index contributed by atoms with van der Waals surface area (Å²) in [6, 6.07) is 10.4. The van der Waals surface area contributed by atoms with Gasteiger partial charge < -0.3 is 10.2 Å². The molecule has 1 amide bonds. The summed E-state index contributed by atoms with van der Waals surface area (Å²) in [5.74, 6) is 1.38. The molecule has 26 heavy (non-hydrogen) atoms. The van der Waals surface area contributed by atoms with Crippen molar-refractivity contribution in [2.45, 2.75) is 19.3 Å². The van der Waals surface area contributed by atoms with Crippen LogP contribution >= 0.6 is 0 Å². The third-order valence-electron chi connectivity index (χ3n) is 4.92. The minimum absolute atomic E-state index is 0.104. The van der Waals surface area contributed by atoms with E-state index in [4.69, 9.17) is 0 Å². The molecule has 0 spiro atoms. The smallest absolute Gasteiger partial charge is 0.234 e. The number of hydrogen-bond acceptors (Lipinski definition) is 5. The molecule has 1 fully saturated rings. The highest BCUT2D eigenvalue weighted by Crippen LogP contribution is 2.18. The van der Waals surface area contributed by atoms with Gasteiger partial charge in [-0.3, -0.25) is 14.7 Å². The predicted molar refractivity (Wildman–Crippen MR) is 103 cm³/mol. The number of carbonyl (C=O) groups is 1. The van der Waals surface area contributed by atoms with E-state index in [0.717, 1.165) is 38.4 Å². The summed E-state index contributed by atoms with van der Waals surface area (Å²) in [7, 11) is 0. The third-order valence-corrected chi connectivity index (χ3v) is 4.92. The van der Waals surface area contributed by atoms with Gasteiger partial charge in [-0.2, -0.15) is 0 Å². The van der Waals surface area contributed by atoms with E-state index in [1.54, 1.807) is 18.6 Å². The highest BCUT2D eigenvalue weighted by atomic mass is 16.2. The van der Waals surface area contributed by atoms with Crippen LogP contribution in [-0.2, 0) is 4.79 Å². The largest absolute Gasteiger partial charge is 0.354 e. The summed E-state index contributed by atoms with van der Waals surface area (Å²) in [6.45, 7) is 6.77. The minimum Gasteiger partial charge on any atom is -0.354 e. The number of nitrogens with one attached hydrogen (secondary N) is 1. The van der Waals surface area contributed by atoms with E-state index in [9.17, 15) is 4.79 Å². The summed E-state index contributed by atoms with van der Waals surface area (Å²) >= 11 is 0. The van der Waals surface area contributed by atoms with Gasteiger partial charge in [-0.1, -0.05) is 37.3 Å². The molecular formula is C20H27N5O. The third kappa shape index (κ3) is 5.02. The highest BCUT2D eigenvalue weighted by molar-refractivity contribution is 5.78. The molecule has 138 valence electrons. The molecule has 1 aromatic heterocycles. The van der Waals surface area contributed by atoms with Crippen molar-refractivity contribution < 1.29 is 4.79 Å². The summed E-state index contributed by atoms with van der Waals surface area (Å²) < 4.78 is 0. The molecule has 6 nitrogen and oxygen atoms in total. The molecule has 0 radical (unpaired) electrons. The monoisotopic (exact) mass is 353 g/mol. The lowest BCUT2D eigenvalue weighted by molar-refractivity contribution is -0.122. The Hall–Kier alpha value is -2.47. The number of nitrogens with zero attached hydrogens (tertiary/aromatic N) is 4. The van der Waals surface area contributed by atoms with E-state index in [1.165, 1.54) is 5.56 Å². The van der Waals surface area contributed by atoms with Crippen molar-refractivity contribution in [2.75, 3.05) is 44.2 Å². The second-order valence-corrected chi connectivity index (χ2v) is 6.65. The lowest BCUT2D eigenvalue weighted by Gasteiger charge is -2.34. The first-order valence-electron chi connectivity index (χ1n) is 9.31. The Labute approximate surface area is 155 Å². The highest BCUT2D eigenvalue weighted by Gasteiger charge is 2.20. The average Bonchev–Trinajstić information content (AvgIpc) is 2.70. The van der Waals surface area contributed by atoms with Crippen molar-refractivity contribution in [3.8, 4) is 0 Å². The first kappa shape index (κ1) is 18.3. The first-order valence-corrected chi connectivity index (χ1v) is 9.31. The lowest BCUT2D eigenvalue weighted by Crippen LogP contribution is -2.50. The quantitative estimate of drug-likeness (QED) is 0.824. The van der Waals surface area contributed by atoms with Crippen LogP contribution in [0.5, 0.6) is 0 Å². The Morgan fingerprint density at radius 3 is 2.58 bits per heavy atom. The van der Waals surface area contributed by atoms with E-state index < -0.39 is 0 Å². The molecular weight excluding hydrogens is 326 g/mol. The number of carbonyl (C=O) groups excluding carboxylic acids is 1. The molecule has 6 heteroatoms. The van der Waals surface area contributed by atoms with Crippen molar-refractivity contribution >= 4 is 11.7 Å². The molecule has 1 aromatic carbocycles. The molecule has 0 unspecified atom stereocenters. The Kier molecular flexibility index (Phi) is 6.55. The van der Waals surface area contributed by atoms with E-state index in [0.29, 0.717) is 19.0 Å². The van der Waals surface area contributed by atoms with E-state index in [-0.39, 0.29) is 5.91 Å². The van der Waals surface area contributed by atoms with Crippen molar-refractivity contribution in [1.29, 1.82) is 0 Å². The standard InChI is InChI=1S/C20H27N5O/c1-2-17(18-6-4-3-5-7-18)14-23-20(26)16-24-10-12-25(13-11-24)19-15-21-8-9-22-19/h3-9,15,17H,2,10-14,16H2,1H3,(H,23,26)/t17-/m1/s1. The maximum atomic E-state index is 12.3. The van der Waals surface area contributed by atoms with Crippen LogP contribution in [0.3, 0.4) is 0 Å². The van der Waals surface area contributed by atoms with Crippen LogP contribution in [0, 0.1) is 0 Å². The fraction of sp³-hybridized carbons (Fsp3) is 0.450. The van der Waals surface area contributed by atoms with Gasteiger partial charge in [0.05, 0.1) is 12.7 Å². The van der Waals surface area contributed by atoms with Crippen LogP contribution < -0.4 is 10.2 Å². The number of anilines is 1. The second kappa shape index (κ2) is 9.29. The average molecular weight is 353 g/mol. The molecule has 1 aliphatic heterocycles. The van der Waals surface area contributed by atoms with Crippen LogP contribution in [0.15, 0.2) is 48.9 Å². The number of amides is 1. The van der Waals surface area contributed by atoms with Crippen molar-refractivity contribution in [1.82, 2.24) is 20.2 Å². The van der Waals surface area contributed by atoms with Crippen molar-refractivity contribution in [3.63, 3.8) is 0 Å². The zero-order valence-electron chi connectivity index (χ0n) is 15.3. The molecule has 1 N–H and O–H groups in total. The molecule has 1 atom stereocenters. The fourth-order valence-electron chi connectivity index (χ4n) is 3.31. The minimum atomic E-state index is 0.104. The van der Waals surface area contributed by atoms with Gasteiger partial charge >= 0.3 is 0 Å². The Bertz CT molecular complexity index is 671. The van der Waals surface area contributed by atoms with Crippen molar-refractivity contribution in [3.05, 3.63) is 54.5 Å². The molecule has 0 saturated carbocycles. The van der Waals surface area contributed by atoms with E-state index in [2.05, 4.69) is 56.3 Å². The van der Waals surface area contributed by atoms with Gasteiger partial charge in [0, 0.05) is 51.0 Å². The summed E-state index contributed by atoms with van der Waals surface area (Å²) in [5.41, 5.74) is 1.29. The van der Waals surface area contributed by atoms with Crippen molar-refractivity contribution in [2.24, 2.45) is 0 Å². The van der Waals surface area contributed by atoms with E-state index >= 15 is 0 Å². The Balaban J connectivity index is 1.41. The molecule has 0 aliphatic carbocycles. The van der Waals surface area contributed by atoms with Crippen LogP contribution in [0.25, 0.3) is 0 Å². The normalized spacial score (nSPS) is 16.3. The molecule has 1 aliphatic rings. The molecule has 1 saturated heterocycles. The number of piperazine rings is 1. The zero-order chi connectivity index (χ0) is 18.2. The molecule has 3 rings (SSSR count). The van der Waals surface area contributed by atoms with E-state index in [1.807, 2.05) is 6.07 Å². The van der Waals surface area contributed by atoms with Gasteiger partial charge in [0.25, 0.3) is 0 Å². The van der Waals surface area contributed by atoms with Gasteiger partial charge in [-0.25, -0.2) is 4.98 Å². The maximum Gasteiger partial charge on any atom is 0.234 e. The second-order valence-electron chi connectivity index (χ2n) is 6.65. The topological polar surface area (TPSA) is 61.4 Å². The molecule has 2 aromatic rings. The Morgan fingerprint density at radius 2 is 1.92 bits per heavy atom. The van der Waals surface area contributed by atoms with Gasteiger partial charge in [0.1, 0.15) is 5.82 Å². The summed E-state index contributed by atoms with van der Waals surface area (Å²) in [5, 5.41) is 3.11. The summed E-state index contributed by atoms with van der Waals surface area (Å²) in [4.78, 5) is 25.2. The van der Waals surface area contributed by atoms with Gasteiger partial charge in [0.2, 0.25) is 5.91 Å². The SMILES string of the molecule is CC[C@H](CNC(=O)CN1CCN(c2cnccn2)CC1)c1ccccc1. The Morgan fingerprint density at radius 1 is 1.15 bits per heavy atom.